The quantitative estimate of drug-likeness (QED) is 0.411. The van der Waals surface area contributed by atoms with Crippen LogP contribution >= 0.6 is 20.7 Å². The van der Waals surface area contributed by atoms with Crippen molar-refractivity contribution in [2.24, 2.45) is 40.4 Å². The van der Waals surface area contributed by atoms with E-state index in [1.165, 1.54) is 42.1 Å². The number of aliphatic hydroxyl groups is 1. The van der Waals surface area contributed by atoms with Crippen LogP contribution in [0.3, 0.4) is 0 Å². The molecular weight excluding hydrogens is 547 g/mol. The summed E-state index contributed by atoms with van der Waals surface area (Å²) in [6, 6.07) is 6.42. The molecule has 4 aliphatic rings. The van der Waals surface area contributed by atoms with Gasteiger partial charge in [-0.3, -0.25) is 9.48 Å². The standard InChI is InChI=1S/C30H41IN2O2/c1-28(35)13-14-29(2)20(16-28)6-8-22-23-9-10-25(30(23,3)12-11-24(22)29)27(34)18-33-17-19-5-7-21(31-4)15-26(19)32-33/h5,7,15,17,20,22-25,35H,4,6,8-14,16,18H2,1-3H3/t20-,22-,23-,24-,25+,28+,29?,30-/m0/s1. The Hall–Kier alpha value is -1.08. The van der Waals surface area contributed by atoms with Gasteiger partial charge < -0.3 is 5.11 Å². The second kappa shape index (κ2) is 8.47. The van der Waals surface area contributed by atoms with Gasteiger partial charge in [-0.15, -0.1) is 0 Å². The molecule has 4 saturated carbocycles. The molecule has 35 heavy (non-hydrogen) atoms. The normalized spacial score (nSPS) is 42.9. The van der Waals surface area contributed by atoms with Crippen molar-refractivity contribution in [3.05, 3.63) is 28.0 Å². The van der Waals surface area contributed by atoms with E-state index in [0.717, 1.165) is 42.0 Å². The maximum Gasteiger partial charge on any atom is 0.157 e. The molecule has 0 aliphatic heterocycles. The summed E-state index contributed by atoms with van der Waals surface area (Å²) in [5.41, 5.74) is 1.03. The molecule has 4 fully saturated rings. The van der Waals surface area contributed by atoms with Crippen molar-refractivity contribution >= 4 is 41.9 Å². The minimum absolute atomic E-state index is 0.139. The Morgan fingerprint density at radius 3 is 2.69 bits per heavy atom. The number of aromatic nitrogens is 2. The van der Waals surface area contributed by atoms with Gasteiger partial charge in [0, 0.05) is 21.1 Å². The SMILES string of the molecule is C=Ic1ccc2cn(CC(=O)[C@H]3CC[C@H]4[C@@H]5CC[C@H]6C[C@](C)(O)CCC6(C)[C@H]5CC[C@]34C)nc2c1. The Morgan fingerprint density at radius 2 is 1.89 bits per heavy atom. The van der Waals surface area contributed by atoms with Gasteiger partial charge in [-0.05, 0) is 111 Å². The largest absolute Gasteiger partial charge is 0.390 e. The Morgan fingerprint density at radius 1 is 1.09 bits per heavy atom. The number of hydrogen-bond donors (Lipinski definition) is 1. The van der Waals surface area contributed by atoms with E-state index in [4.69, 9.17) is 5.10 Å². The first-order valence-electron chi connectivity index (χ1n) is 13.7. The van der Waals surface area contributed by atoms with E-state index >= 15 is 0 Å². The molecule has 2 aromatic rings. The Balaban J connectivity index is 1.20. The van der Waals surface area contributed by atoms with Gasteiger partial charge in [-0.25, -0.2) is 0 Å². The van der Waals surface area contributed by atoms with Crippen molar-refractivity contribution in [1.82, 2.24) is 9.78 Å². The van der Waals surface area contributed by atoms with Gasteiger partial charge in [0.25, 0.3) is 0 Å². The van der Waals surface area contributed by atoms with Crippen molar-refractivity contribution in [2.45, 2.75) is 90.7 Å². The van der Waals surface area contributed by atoms with Crippen LogP contribution in [-0.2, 0) is 11.3 Å². The molecule has 0 amide bonds. The fraction of sp³-hybridized carbons (Fsp3) is 0.700. The lowest BCUT2D eigenvalue weighted by Gasteiger charge is -2.61. The molecule has 1 aromatic heterocycles. The molecule has 6 rings (SSSR count). The Kier molecular flexibility index (Phi) is 5.87. The molecule has 190 valence electrons. The van der Waals surface area contributed by atoms with E-state index in [1.807, 2.05) is 17.8 Å². The summed E-state index contributed by atoms with van der Waals surface area (Å²) in [7, 11) is 0. The Labute approximate surface area is 220 Å². The summed E-state index contributed by atoms with van der Waals surface area (Å²) in [5, 5.41) is 16.6. The van der Waals surface area contributed by atoms with E-state index in [2.05, 4.69) is 36.6 Å². The average Bonchev–Trinajstić information content (AvgIpc) is 3.38. The summed E-state index contributed by atoms with van der Waals surface area (Å²) in [6.45, 7) is 7.45. The van der Waals surface area contributed by atoms with Gasteiger partial charge in [0.1, 0.15) is 0 Å². The summed E-state index contributed by atoms with van der Waals surface area (Å²) in [6.07, 6.45) is 12.4. The highest BCUT2D eigenvalue weighted by atomic mass is 127. The molecular formula is C30H41IN2O2. The number of nitrogens with zero attached hydrogens (tertiary/aromatic N) is 2. The van der Waals surface area contributed by atoms with Gasteiger partial charge in [0.2, 0.25) is 0 Å². The summed E-state index contributed by atoms with van der Waals surface area (Å²) >= 11 is -0.197. The molecule has 4 aliphatic carbocycles. The lowest BCUT2D eigenvalue weighted by molar-refractivity contribution is -0.151. The van der Waals surface area contributed by atoms with Crippen molar-refractivity contribution in [3.63, 3.8) is 0 Å². The molecule has 5 heteroatoms. The van der Waals surface area contributed by atoms with Crippen LogP contribution in [0.2, 0.25) is 0 Å². The van der Waals surface area contributed by atoms with Crippen LogP contribution in [0.4, 0.5) is 0 Å². The number of hydrogen-bond acceptors (Lipinski definition) is 3. The third-order valence-corrected chi connectivity index (χ3v) is 12.9. The number of Topliss-reactive ketones (excluding diaryl/α,β-unsaturated/α-hetero) is 1. The molecule has 1 unspecified atom stereocenters. The molecule has 4 nitrogen and oxygen atoms in total. The third-order valence-electron chi connectivity index (χ3n) is 11.3. The first kappa shape index (κ1) is 24.3. The fourth-order valence-electron chi connectivity index (χ4n) is 9.43. The highest BCUT2D eigenvalue weighted by molar-refractivity contribution is 14.2. The highest BCUT2D eigenvalue weighted by Crippen LogP contribution is 2.68. The van der Waals surface area contributed by atoms with Crippen LogP contribution in [0.5, 0.6) is 0 Å². The van der Waals surface area contributed by atoms with Crippen LogP contribution in [0, 0.1) is 44.0 Å². The highest BCUT2D eigenvalue weighted by Gasteiger charge is 2.61. The predicted octanol–water partition coefficient (Wildman–Crippen LogP) is 6.59. The molecule has 8 atom stereocenters. The molecule has 0 spiro atoms. The minimum atomic E-state index is -0.473. The lowest BCUT2D eigenvalue weighted by Crippen LogP contribution is -2.55. The van der Waals surface area contributed by atoms with E-state index < -0.39 is 5.60 Å². The molecule has 0 bridgehead atoms. The van der Waals surface area contributed by atoms with E-state index in [0.29, 0.717) is 29.6 Å². The van der Waals surface area contributed by atoms with Gasteiger partial charge in [0.05, 0.1) is 17.7 Å². The monoisotopic (exact) mass is 588 g/mol. The van der Waals surface area contributed by atoms with Crippen LogP contribution < -0.4 is 0 Å². The first-order valence-corrected chi connectivity index (χ1v) is 16.3. The van der Waals surface area contributed by atoms with Gasteiger partial charge in [0.15, 0.2) is 5.78 Å². The maximum absolute atomic E-state index is 13.7. The second-order valence-electron chi connectivity index (χ2n) is 13.2. The van der Waals surface area contributed by atoms with Crippen LogP contribution in [0.25, 0.3) is 10.9 Å². The number of ketones is 1. The number of carbonyl (C=O) groups excluding carboxylic acids is 1. The zero-order chi connectivity index (χ0) is 24.6. The third kappa shape index (κ3) is 3.89. The zero-order valence-electron chi connectivity index (χ0n) is 21.6. The molecule has 1 N–H and O–H groups in total. The van der Waals surface area contributed by atoms with Crippen LogP contribution in [0.15, 0.2) is 24.4 Å². The molecule has 1 aromatic carbocycles. The smallest absolute Gasteiger partial charge is 0.157 e. The summed E-state index contributed by atoms with van der Waals surface area (Å²) in [5.74, 6) is 3.42. The van der Waals surface area contributed by atoms with Gasteiger partial charge in [-0.2, -0.15) is 5.10 Å². The van der Waals surface area contributed by atoms with Crippen molar-refractivity contribution in [3.8, 4) is 0 Å². The maximum atomic E-state index is 13.7. The number of benzene rings is 1. The van der Waals surface area contributed by atoms with Crippen LogP contribution in [-0.4, -0.2) is 30.8 Å². The van der Waals surface area contributed by atoms with Gasteiger partial charge >= 0.3 is 0 Å². The number of carbonyl (C=O) groups is 1. The first-order chi connectivity index (χ1) is 16.6. The molecule has 0 saturated heterocycles. The van der Waals surface area contributed by atoms with Gasteiger partial charge in [-0.1, -0.05) is 45.2 Å². The zero-order valence-corrected chi connectivity index (χ0v) is 23.8. The van der Waals surface area contributed by atoms with E-state index in [1.54, 1.807) is 0 Å². The van der Waals surface area contributed by atoms with Crippen molar-refractivity contribution in [2.75, 3.05) is 0 Å². The van der Waals surface area contributed by atoms with Crippen molar-refractivity contribution in [1.29, 1.82) is 0 Å². The molecule has 0 radical (unpaired) electrons. The minimum Gasteiger partial charge on any atom is -0.390 e. The summed E-state index contributed by atoms with van der Waals surface area (Å²) < 4.78 is 7.27. The fourth-order valence-corrected chi connectivity index (χ4v) is 10.4. The molecule has 1 heterocycles. The topological polar surface area (TPSA) is 55.1 Å². The van der Waals surface area contributed by atoms with Crippen molar-refractivity contribution < 1.29 is 9.90 Å². The Bertz CT molecular complexity index is 1170. The lowest BCUT2D eigenvalue weighted by atomic mass is 9.44. The predicted molar refractivity (Wildman–Crippen MR) is 150 cm³/mol. The second-order valence-corrected chi connectivity index (χ2v) is 15.2. The van der Waals surface area contributed by atoms with Crippen LogP contribution in [0.1, 0.15) is 78.6 Å². The number of rotatable bonds is 4. The van der Waals surface area contributed by atoms with E-state index in [9.17, 15) is 9.90 Å². The number of fused-ring (bicyclic) bond motifs is 6. The number of halogens is 1. The average molecular weight is 589 g/mol. The summed E-state index contributed by atoms with van der Waals surface area (Å²) in [4.78, 5) is 13.7. The van der Waals surface area contributed by atoms with E-state index in [-0.39, 0.29) is 32.1 Å².